The van der Waals surface area contributed by atoms with Crippen LogP contribution >= 0.6 is 22.7 Å². The summed E-state index contributed by atoms with van der Waals surface area (Å²) >= 11 is 3.23. The average Bonchev–Trinajstić information content (AvgIpc) is 3.11. The largest absolute Gasteiger partial charge is 0.360 e. The second kappa shape index (κ2) is 5.77. The molecule has 1 aliphatic carbocycles. The smallest absolute Gasteiger partial charge is 0.275 e. The molecule has 3 heterocycles. The number of thiazole rings is 1. The van der Waals surface area contributed by atoms with Gasteiger partial charge in [0, 0.05) is 30.1 Å². The zero-order chi connectivity index (χ0) is 14.9. The first kappa shape index (κ1) is 13.8. The van der Waals surface area contributed by atoms with Gasteiger partial charge in [-0.3, -0.25) is 4.79 Å². The van der Waals surface area contributed by atoms with E-state index in [-0.39, 0.29) is 5.56 Å². The van der Waals surface area contributed by atoms with Crippen LogP contribution < -0.4 is 10.9 Å². The van der Waals surface area contributed by atoms with Gasteiger partial charge in [-0.2, -0.15) is 4.52 Å². The first-order valence-corrected chi connectivity index (χ1v) is 8.99. The van der Waals surface area contributed by atoms with Gasteiger partial charge in [-0.15, -0.1) is 16.4 Å². The maximum Gasteiger partial charge on any atom is 0.275 e. The number of anilines is 1. The van der Waals surface area contributed by atoms with Crippen molar-refractivity contribution in [2.45, 2.75) is 32.1 Å². The number of hydrogen-bond donors (Lipinski definition) is 1. The molecule has 1 N–H and O–H groups in total. The van der Waals surface area contributed by atoms with Crippen LogP contribution in [0.15, 0.2) is 17.1 Å². The summed E-state index contributed by atoms with van der Waals surface area (Å²) < 4.78 is 1.33. The average molecular weight is 333 g/mol. The van der Waals surface area contributed by atoms with Crippen molar-refractivity contribution in [3.8, 4) is 0 Å². The topological polar surface area (TPSA) is 72.2 Å². The maximum absolute atomic E-state index is 11.6. The van der Waals surface area contributed by atoms with E-state index in [0.717, 1.165) is 24.5 Å². The molecule has 3 aromatic rings. The zero-order valence-corrected chi connectivity index (χ0v) is 13.5. The number of fused-ring (bicyclic) bond motifs is 2. The standard InChI is InChI=1S/C14H15N5OS2/c20-12-6-8-16-14-19(12)18-13(22-14)15-7-5-11-17-9-3-1-2-4-10(9)21-11/h6,8H,1-5,7H2,(H,15,18). The van der Waals surface area contributed by atoms with Gasteiger partial charge < -0.3 is 5.32 Å². The summed E-state index contributed by atoms with van der Waals surface area (Å²) in [5, 5.41) is 9.42. The number of rotatable bonds is 4. The fourth-order valence-corrected chi connectivity index (χ4v) is 4.56. The van der Waals surface area contributed by atoms with E-state index < -0.39 is 0 Å². The van der Waals surface area contributed by atoms with Crippen molar-refractivity contribution in [2.24, 2.45) is 0 Å². The lowest BCUT2D eigenvalue weighted by Gasteiger charge is -2.06. The predicted molar refractivity (Wildman–Crippen MR) is 88.1 cm³/mol. The van der Waals surface area contributed by atoms with E-state index in [9.17, 15) is 4.79 Å². The first-order chi connectivity index (χ1) is 10.8. The Labute approximate surface area is 134 Å². The minimum atomic E-state index is -0.151. The van der Waals surface area contributed by atoms with Gasteiger partial charge in [-0.25, -0.2) is 9.97 Å². The SMILES string of the molecule is O=c1ccnc2sc(NCCc3nc4c(s3)CCCC4)nn12. The van der Waals surface area contributed by atoms with Crippen LogP contribution in [0.2, 0.25) is 0 Å². The summed E-state index contributed by atoms with van der Waals surface area (Å²) in [6.07, 6.45) is 7.27. The van der Waals surface area contributed by atoms with Crippen molar-refractivity contribution < 1.29 is 0 Å². The van der Waals surface area contributed by atoms with Gasteiger partial charge >= 0.3 is 0 Å². The Morgan fingerprint density at radius 1 is 1.27 bits per heavy atom. The fourth-order valence-electron chi connectivity index (χ4n) is 2.60. The second-order valence-electron chi connectivity index (χ2n) is 5.25. The third-order valence-corrected chi connectivity index (χ3v) is 5.77. The van der Waals surface area contributed by atoms with E-state index in [2.05, 4.69) is 15.4 Å². The third kappa shape index (κ3) is 2.64. The zero-order valence-electron chi connectivity index (χ0n) is 11.9. The predicted octanol–water partition coefficient (Wildman–Crippen LogP) is 2.14. The highest BCUT2D eigenvalue weighted by molar-refractivity contribution is 7.20. The molecule has 0 saturated heterocycles. The molecule has 22 heavy (non-hydrogen) atoms. The molecular formula is C14H15N5OS2. The van der Waals surface area contributed by atoms with Gasteiger partial charge in [0.2, 0.25) is 10.1 Å². The van der Waals surface area contributed by atoms with Crippen LogP contribution in [0.25, 0.3) is 4.96 Å². The Morgan fingerprint density at radius 3 is 3.05 bits per heavy atom. The molecule has 0 amide bonds. The number of hydrogen-bond acceptors (Lipinski definition) is 7. The van der Waals surface area contributed by atoms with Crippen LogP contribution in [0.1, 0.15) is 28.4 Å². The molecule has 0 fully saturated rings. The van der Waals surface area contributed by atoms with Gasteiger partial charge in [0.25, 0.3) is 5.56 Å². The molecule has 0 bridgehead atoms. The van der Waals surface area contributed by atoms with Gasteiger partial charge in [0.1, 0.15) is 0 Å². The summed E-state index contributed by atoms with van der Waals surface area (Å²) in [7, 11) is 0. The van der Waals surface area contributed by atoms with Crippen LogP contribution in [0.5, 0.6) is 0 Å². The summed E-state index contributed by atoms with van der Waals surface area (Å²) in [6, 6.07) is 1.41. The molecule has 3 aromatic heterocycles. The quantitative estimate of drug-likeness (QED) is 0.792. The van der Waals surface area contributed by atoms with E-state index >= 15 is 0 Å². The molecule has 0 aromatic carbocycles. The second-order valence-corrected chi connectivity index (χ2v) is 7.37. The highest BCUT2D eigenvalue weighted by Crippen LogP contribution is 2.27. The fraction of sp³-hybridized carbons (Fsp3) is 0.429. The number of aryl methyl sites for hydroxylation is 2. The molecule has 0 spiro atoms. The molecule has 0 radical (unpaired) electrons. The van der Waals surface area contributed by atoms with Gasteiger partial charge in [0.05, 0.1) is 10.7 Å². The molecule has 0 saturated carbocycles. The van der Waals surface area contributed by atoms with E-state index in [0.29, 0.717) is 4.96 Å². The van der Waals surface area contributed by atoms with Crippen LogP contribution in [0.4, 0.5) is 5.13 Å². The van der Waals surface area contributed by atoms with Crippen molar-refractivity contribution in [1.82, 2.24) is 19.6 Å². The van der Waals surface area contributed by atoms with Gasteiger partial charge in [-0.05, 0) is 25.7 Å². The summed E-state index contributed by atoms with van der Waals surface area (Å²) in [5.41, 5.74) is 1.16. The molecule has 114 valence electrons. The van der Waals surface area contributed by atoms with E-state index in [1.54, 1.807) is 0 Å². The van der Waals surface area contributed by atoms with Crippen molar-refractivity contribution in [2.75, 3.05) is 11.9 Å². The monoisotopic (exact) mass is 333 g/mol. The number of aromatic nitrogens is 4. The maximum atomic E-state index is 11.6. The summed E-state index contributed by atoms with van der Waals surface area (Å²) in [6.45, 7) is 0.765. The van der Waals surface area contributed by atoms with Crippen molar-refractivity contribution in [3.05, 3.63) is 38.2 Å². The first-order valence-electron chi connectivity index (χ1n) is 7.36. The lowest BCUT2D eigenvalue weighted by molar-refractivity contribution is 0.680. The van der Waals surface area contributed by atoms with E-state index in [1.807, 2.05) is 11.3 Å². The highest BCUT2D eigenvalue weighted by atomic mass is 32.1. The summed E-state index contributed by atoms with van der Waals surface area (Å²) in [5.74, 6) is 0. The van der Waals surface area contributed by atoms with Gasteiger partial charge in [0.15, 0.2) is 0 Å². The Kier molecular flexibility index (Phi) is 3.63. The van der Waals surface area contributed by atoms with E-state index in [1.165, 1.54) is 63.0 Å². The molecule has 1 aliphatic rings. The molecular weight excluding hydrogens is 318 g/mol. The minimum absolute atomic E-state index is 0.151. The Hall–Kier alpha value is -1.80. The third-order valence-electron chi connectivity index (χ3n) is 3.68. The number of nitrogens with zero attached hydrogens (tertiary/aromatic N) is 4. The van der Waals surface area contributed by atoms with Crippen LogP contribution in [-0.4, -0.2) is 26.1 Å². The lowest BCUT2D eigenvalue weighted by Crippen LogP contribution is -2.13. The highest BCUT2D eigenvalue weighted by Gasteiger charge is 2.14. The molecule has 0 atom stereocenters. The van der Waals surface area contributed by atoms with Crippen molar-refractivity contribution >= 4 is 32.8 Å². The van der Waals surface area contributed by atoms with Crippen LogP contribution in [0, 0.1) is 0 Å². The van der Waals surface area contributed by atoms with E-state index in [4.69, 9.17) is 4.98 Å². The van der Waals surface area contributed by atoms with Gasteiger partial charge in [-0.1, -0.05) is 11.3 Å². The van der Waals surface area contributed by atoms with Crippen molar-refractivity contribution in [1.29, 1.82) is 0 Å². The molecule has 4 rings (SSSR count). The van der Waals surface area contributed by atoms with Crippen molar-refractivity contribution in [3.63, 3.8) is 0 Å². The summed E-state index contributed by atoms with van der Waals surface area (Å²) in [4.78, 5) is 22.6. The Morgan fingerprint density at radius 2 is 2.18 bits per heavy atom. The Bertz CT molecular complexity index is 842. The molecule has 0 aliphatic heterocycles. The molecule has 6 nitrogen and oxygen atoms in total. The normalized spacial score (nSPS) is 14.2. The molecule has 8 heteroatoms. The minimum Gasteiger partial charge on any atom is -0.360 e. The van der Waals surface area contributed by atoms with Crippen LogP contribution in [0.3, 0.4) is 0 Å². The van der Waals surface area contributed by atoms with Crippen LogP contribution in [-0.2, 0) is 19.3 Å². The Balaban J connectivity index is 1.42. The molecule has 0 unspecified atom stereocenters. The lowest BCUT2D eigenvalue weighted by atomic mass is 10.0. The number of nitrogens with one attached hydrogen (secondary N) is 1.